The van der Waals surface area contributed by atoms with Crippen molar-refractivity contribution in [2.45, 2.75) is 39.0 Å². The Kier molecular flexibility index (Phi) is 8.73. The van der Waals surface area contributed by atoms with Crippen molar-refractivity contribution in [2.24, 2.45) is 0 Å². The molecule has 9 nitrogen and oxygen atoms in total. The lowest BCUT2D eigenvalue weighted by Gasteiger charge is -2.30. The quantitative estimate of drug-likeness (QED) is 0.186. The second-order valence-electron chi connectivity index (χ2n) is 8.29. The van der Waals surface area contributed by atoms with Gasteiger partial charge in [-0.25, -0.2) is 4.79 Å². The molecule has 1 amide bonds. The van der Waals surface area contributed by atoms with Crippen molar-refractivity contribution >= 4 is 29.0 Å². The van der Waals surface area contributed by atoms with E-state index in [-0.39, 0.29) is 22.9 Å². The Hall–Kier alpha value is -3.75. The molecule has 180 valence electrons. The van der Waals surface area contributed by atoms with Gasteiger partial charge in [-0.2, -0.15) is 0 Å². The molecule has 1 fully saturated rings. The summed E-state index contributed by atoms with van der Waals surface area (Å²) in [5.74, 6) is -1.18. The number of benzene rings is 2. The Morgan fingerprint density at radius 2 is 1.76 bits per heavy atom. The van der Waals surface area contributed by atoms with Crippen LogP contribution in [0.5, 0.6) is 0 Å². The van der Waals surface area contributed by atoms with E-state index in [0.717, 1.165) is 50.8 Å². The van der Waals surface area contributed by atoms with Gasteiger partial charge in [0.1, 0.15) is 0 Å². The fraction of sp³-hybridized carbons (Fsp3) is 0.400. The smallest absolute Gasteiger partial charge is 0.340 e. The third-order valence-corrected chi connectivity index (χ3v) is 5.73. The number of esters is 1. The molecular weight excluding hydrogens is 438 g/mol. The maximum atomic E-state index is 12.8. The highest BCUT2D eigenvalue weighted by Gasteiger charge is 2.23. The summed E-state index contributed by atoms with van der Waals surface area (Å²) in [5.41, 5.74) is 1.92. The molecule has 0 spiro atoms. The summed E-state index contributed by atoms with van der Waals surface area (Å²) in [6.45, 7) is 3.12. The van der Waals surface area contributed by atoms with E-state index in [1.54, 1.807) is 18.2 Å². The summed E-state index contributed by atoms with van der Waals surface area (Å²) < 4.78 is 5.26. The minimum absolute atomic E-state index is 0.0661. The van der Waals surface area contributed by atoms with Crippen molar-refractivity contribution in [3.63, 3.8) is 0 Å². The molecule has 1 heterocycles. The number of carbonyl (C=O) groups excluding carboxylic acids is 3. The summed E-state index contributed by atoms with van der Waals surface area (Å²) in [6.07, 6.45) is 4.61. The minimum atomic E-state index is -0.757. The van der Waals surface area contributed by atoms with Crippen molar-refractivity contribution in [3.05, 3.63) is 69.3 Å². The van der Waals surface area contributed by atoms with Gasteiger partial charge in [-0.1, -0.05) is 24.3 Å². The van der Waals surface area contributed by atoms with Crippen molar-refractivity contribution in [1.29, 1.82) is 0 Å². The van der Waals surface area contributed by atoms with Gasteiger partial charge in [0.15, 0.2) is 12.4 Å². The number of amides is 1. The number of nitrogens with zero attached hydrogens (tertiary/aromatic N) is 2. The molecule has 1 aliphatic rings. The molecule has 0 saturated carbocycles. The van der Waals surface area contributed by atoms with Gasteiger partial charge in [0.2, 0.25) is 5.91 Å². The van der Waals surface area contributed by atoms with Crippen molar-refractivity contribution in [3.8, 4) is 0 Å². The van der Waals surface area contributed by atoms with E-state index < -0.39 is 17.5 Å². The maximum Gasteiger partial charge on any atom is 0.340 e. The van der Waals surface area contributed by atoms with E-state index in [4.69, 9.17) is 4.74 Å². The molecule has 1 aliphatic heterocycles. The van der Waals surface area contributed by atoms with Crippen LogP contribution in [0.2, 0.25) is 0 Å². The van der Waals surface area contributed by atoms with E-state index in [1.807, 2.05) is 17.0 Å². The molecule has 0 aliphatic carbocycles. The van der Waals surface area contributed by atoms with Crippen LogP contribution in [0.3, 0.4) is 0 Å². The van der Waals surface area contributed by atoms with E-state index in [1.165, 1.54) is 19.1 Å². The number of ketones is 1. The van der Waals surface area contributed by atoms with Gasteiger partial charge >= 0.3 is 5.97 Å². The Bertz CT molecular complexity index is 1050. The standard InChI is InChI=1S/C25H29N3O6/c1-18(29)26-13-5-6-19-7-9-20(10-8-19)24(30)17-34-25(31)22-16-21(28(32)33)11-12-23(22)27-14-3-2-4-15-27/h7-12,16H,2-6,13-15,17H2,1H3,(H,26,29). The largest absolute Gasteiger partial charge is 0.454 e. The highest BCUT2D eigenvalue weighted by Crippen LogP contribution is 2.28. The number of rotatable bonds is 10. The first-order valence-corrected chi connectivity index (χ1v) is 11.4. The van der Waals surface area contributed by atoms with Crippen LogP contribution in [0.25, 0.3) is 0 Å². The second kappa shape index (κ2) is 11.9. The van der Waals surface area contributed by atoms with Crippen molar-refractivity contribution < 1.29 is 24.0 Å². The van der Waals surface area contributed by atoms with Crippen LogP contribution in [-0.2, 0) is 16.0 Å². The lowest BCUT2D eigenvalue weighted by atomic mass is 10.1. The third-order valence-electron chi connectivity index (χ3n) is 5.73. The number of ether oxygens (including phenoxy) is 1. The van der Waals surface area contributed by atoms with Crippen LogP contribution in [0.15, 0.2) is 42.5 Å². The first kappa shape index (κ1) is 24.9. The van der Waals surface area contributed by atoms with Crippen LogP contribution in [-0.4, -0.2) is 48.8 Å². The number of nitro groups is 1. The molecule has 2 aromatic carbocycles. The van der Waals surface area contributed by atoms with Crippen LogP contribution in [0.4, 0.5) is 11.4 Å². The van der Waals surface area contributed by atoms with Crippen LogP contribution in [0.1, 0.15) is 58.9 Å². The minimum Gasteiger partial charge on any atom is -0.454 e. The zero-order valence-electron chi connectivity index (χ0n) is 19.2. The maximum absolute atomic E-state index is 12.8. The van der Waals surface area contributed by atoms with Gasteiger partial charge in [-0.05, 0) is 43.7 Å². The fourth-order valence-corrected chi connectivity index (χ4v) is 3.92. The van der Waals surface area contributed by atoms with E-state index in [2.05, 4.69) is 5.32 Å². The normalized spacial score (nSPS) is 13.3. The molecular formula is C25H29N3O6. The van der Waals surface area contributed by atoms with Gasteiger partial charge in [0, 0.05) is 44.3 Å². The number of hydrogen-bond acceptors (Lipinski definition) is 7. The third kappa shape index (κ3) is 6.87. The molecule has 0 atom stereocenters. The molecule has 0 radical (unpaired) electrons. The summed E-state index contributed by atoms with van der Waals surface area (Å²) in [7, 11) is 0. The Balaban J connectivity index is 1.62. The number of carbonyl (C=O) groups is 3. The Labute approximate surface area is 198 Å². The summed E-state index contributed by atoms with van der Waals surface area (Å²) in [5, 5.41) is 14.0. The van der Waals surface area contributed by atoms with Gasteiger partial charge < -0.3 is 15.0 Å². The van der Waals surface area contributed by atoms with Crippen molar-refractivity contribution in [2.75, 3.05) is 31.1 Å². The first-order chi connectivity index (χ1) is 16.3. The number of anilines is 1. The van der Waals surface area contributed by atoms with E-state index >= 15 is 0 Å². The van der Waals surface area contributed by atoms with Crippen LogP contribution < -0.4 is 10.2 Å². The summed E-state index contributed by atoms with van der Waals surface area (Å²) in [4.78, 5) is 49.0. The number of piperidine rings is 1. The first-order valence-electron chi connectivity index (χ1n) is 11.4. The predicted octanol–water partition coefficient (Wildman–Crippen LogP) is 3.69. The van der Waals surface area contributed by atoms with Gasteiger partial charge in [0.05, 0.1) is 16.2 Å². The van der Waals surface area contributed by atoms with E-state index in [9.17, 15) is 24.5 Å². The number of nitro benzene ring substituents is 1. The monoisotopic (exact) mass is 467 g/mol. The van der Waals surface area contributed by atoms with Crippen LogP contribution in [0, 0.1) is 10.1 Å². The highest BCUT2D eigenvalue weighted by atomic mass is 16.6. The molecule has 0 unspecified atom stereocenters. The average molecular weight is 468 g/mol. The Morgan fingerprint density at radius 1 is 1.06 bits per heavy atom. The van der Waals surface area contributed by atoms with E-state index in [0.29, 0.717) is 17.8 Å². The molecule has 3 rings (SSSR count). The Morgan fingerprint density at radius 3 is 2.41 bits per heavy atom. The molecule has 0 bridgehead atoms. The molecule has 1 saturated heterocycles. The number of aryl methyl sites for hydroxylation is 1. The van der Waals surface area contributed by atoms with Gasteiger partial charge in [0.25, 0.3) is 5.69 Å². The lowest BCUT2D eigenvalue weighted by Crippen LogP contribution is -2.31. The number of nitrogens with one attached hydrogen (secondary N) is 1. The number of non-ortho nitro benzene ring substituents is 1. The van der Waals surface area contributed by atoms with Crippen LogP contribution >= 0.6 is 0 Å². The summed E-state index contributed by atoms with van der Waals surface area (Å²) >= 11 is 0. The molecule has 34 heavy (non-hydrogen) atoms. The highest BCUT2D eigenvalue weighted by molar-refractivity contribution is 6.01. The summed E-state index contributed by atoms with van der Waals surface area (Å²) in [6, 6.07) is 11.2. The zero-order valence-corrected chi connectivity index (χ0v) is 19.2. The molecule has 1 N–H and O–H groups in total. The molecule has 0 aromatic heterocycles. The second-order valence-corrected chi connectivity index (χ2v) is 8.29. The lowest BCUT2D eigenvalue weighted by molar-refractivity contribution is -0.384. The van der Waals surface area contributed by atoms with Gasteiger partial charge in [-0.15, -0.1) is 0 Å². The average Bonchev–Trinajstić information content (AvgIpc) is 2.85. The fourth-order valence-electron chi connectivity index (χ4n) is 3.92. The molecule has 9 heteroatoms. The SMILES string of the molecule is CC(=O)NCCCc1ccc(C(=O)COC(=O)c2cc([N+](=O)[O-])ccc2N2CCCCC2)cc1. The number of hydrogen-bond donors (Lipinski definition) is 1. The zero-order chi connectivity index (χ0) is 24.5. The van der Waals surface area contributed by atoms with Crippen molar-refractivity contribution in [1.82, 2.24) is 5.32 Å². The molecule has 2 aromatic rings. The predicted molar refractivity (Wildman–Crippen MR) is 127 cm³/mol. The topological polar surface area (TPSA) is 119 Å². The number of Topliss-reactive ketones (excluding diaryl/α,β-unsaturated/α-hetero) is 1. The van der Waals surface area contributed by atoms with Gasteiger partial charge in [-0.3, -0.25) is 19.7 Å².